The number of hydrogen-bond donors (Lipinski definition) is 2. The molecule has 5 nitrogen and oxygen atoms in total. The van der Waals surface area contributed by atoms with Crippen molar-refractivity contribution in [3.63, 3.8) is 0 Å². The first kappa shape index (κ1) is 15.8. The Morgan fingerprint density at radius 1 is 1.32 bits per heavy atom. The van der Waals surface area contributed by atoms with Crippen LogP contribution < -0.4 is 15.2 Å². The number of methoxy groups -OCH3 is 1. The second-order valence-corrected chi connectivity index (χ2v) is 6.18. The van der Waals surface area contributed by atoms with Gasteiger partial charge in [-0.2, -0.15) is 0 Å². The maximum atomic E-state index is 12.4. The summed E-state index contributed by atoms with van der Waals surface area (Å²) in [6.07, 6.45) is 1.47. The number of nitrogens with one attached hydrogen (secondary N) is 1. The highest BCUT2D eigenvalue weighted by Gasteiger charge is 2.23. The molecule has 19 heavy (non-hydrogen) atoms. The molecule has 6 heteroatoms. The van der Waals surface area contributed by atoms with E-state index in [1.165, 1.54) is 13.2 Å². The lowest BCUT2D eigenvalue weighted by Crippen LogP contribution is -2.34. The van der Waals surface area contributed by atoms with Gasteiger partial charge in [-0.3, -0.25) is 0 Å². The summed E-state index contributed by atoms with van der Waals surface area (Å²) in [7, 11) is -2.18. The summed E-state index contributed by atoms with van der Waals surface area (Å²) in [5, 5.41) is 0. The third-order valence-corrected chi connectivity index (χ3v) is 4.69. The Labute approximate surface area is 115 Å². The Morgan fingerprint density at radius 2 is 1.89 bits per heavy atom. The smallest absolute Gasteiger partial charge is 0.244 e. The maximum Gasteiger partial charge on any atom is 0.244 e. The number of nitrogen functional groups attached to an aromatic ring is 1. The highest BCUT2D eigenvalue weighted by molar-refractivity contribution is 7.89. The Hall–Kier alpha value is -1.27. The van der Waals surface area contributed by atoms with Crippen LogP contribution in [0.1, 0.15) is 32.3 Å². The predicted molar refractivity (Wildman–Crippen MR) is 76.8 cm³/mol. The van der Waals surface area contributed by atoms with Crippen molar-refractivity contribution < 1.29 is 13.2 Å². The van der Waals surface area contributed by atoms with Crippen LogP contribution in [0.2, 0.25) is 0 Å². The summed E-state index contributed by atoms with van der Waals surface area (Å²) in [6, 6.07) is 2.99. The lowest BCUT2D eigenvalue weighted by molar-refractivity contribution is 0.401. The number of nitrogens with two attached hydrogens (primary N) is 1. The van der Waals surface area contributed by atoms with Gasteiger partial charge in [0, 0.05) is 11.7 Å². The van der Waals surface area contributed by atoms with Crippen LogP contribution in [0.4, 0.5) is 5.69 Å². The molecular formula is C13H22N2O3S. The number of benzene rings is 1. The SMILES string of the molecule is CCC(CC)NS(=O)(=O)c1cc(N)c(C)cc1OC. The van der Waals surface area contributed by atoms with E-state index >= 15 is 0 Å². The molecule has 0 aliphatic heterocycles. The highest BCUT2D eigenvalue weighted by Crippen LogP contribution is 2.29. The van der Waals surface area contributed by atoms with Gasteiger partial charge in [-0.15, -0.1) is 0 Å². The molecule has 0 amide bonds. The van der Waals surface area contributed by atoms with Crippen molar-refractivity contribution in [1.29, 1.82) is 0 Å². The molecule has 0 fully saturated rings. The molecule has 0 aliphatic carbocycles. The first-order valence-corrected chi connectivity index (χ1v) is 7.80. The van der Waals surface area contributed by atoms with Crippen molar-refractivity contribution >= 4 is 15.7 Å². The maximum absolute atomic E-state index is 12.4. The van der Waals surface area contributed by atoms with Crippen LogP contribution in [-0.2, 0) is 10.0 Å². The summed E-state index contributed by atoms with van der Waals surface area (Å²) >= 11 is 0. The topological polar surface area (TPSA) is 81.4 Å². The molecule has 0 saturated carbocycles. The predicted octanol–water partition coefficient (Wildman–Crippen LogP) is 2.05. The molecule has 0 radical (unpaired) electrons. The van der Waals surface area contributed by atoms with E-state index in [1.807, 2.05) is 20.8 Å². The molecule has 0 aliphatic rings. The molecule has 0 spiro atoms. The van der Waals surface area contributed by atoms with Crippen LogP contribution in [0.25, 0.3) is 0 Å². The molecule has 0 saturated heterocycles. The number of rotatable bonds is 6. The lowest BCUT2D eigenvalue weighted by atomic mass is 10.2. The highest BCUT2D eigenvalue weighted by atomic mass is 32.2. The van der Waals surface area contributed by atoms with Gasteiger partial charge >= 0.3 is 0 Å². The van der Waals surface area contributed by atoms with Gasteiger partial charge in [0.25, 0.3) is 0 Å². The number of anilines is 1. The number of sulfonamides is 1. The average Bonchev–Trinajstić information content (AvgIpc) is 2.38. The van der Waals surface area contributed by atoms with Gasteiger partial charge in [0.15, 0.2) is 0 Å². The van der Waals surface area contributed by atoms with E-state index in [1.54, 1.807) is 6.07 Å². The van der Waals surface area contributed by atoms with Crippen molar-refractivity contribution in [3.8, 4) is 5.75 Å². The van der Waals surface area contributed by atoms with E-state index in [0.717, 1.165) is 18.4 Å². The number of hydrogen-bond acceptors (Lipinski definition) is 4. The molecule has 108 valence electrons. The fourth-order valence-electron chi connectivity index (χ4n) is 1.79. The second kappa shape index (κ2) is 6.25. The van der Waals surface area contributed by atoms with Gasteiger partial charge in [0.2, 0.25) is 10.0 Å². The van der Waals surface area contributed by atoms with E-state index in [2.05, 4.69) is 4.72 Å². The van der Waals surface area contributed by atoms with Gasteiger partial charge in [-0.25, -0.2) is 13.1 Å². The minimum absolute atomic E-state index is 0.0859. The Morgan fingerprint density at radius 3 is 2.37 bits per heavy atom. The number of aryl methyl sites for hydroxylation is 1. The van der Waals surface area contributed by atoms with E-state index in [9.17, 15) is 8.42 Å². The largest absolute Gasteiger partial charge is 0.495 e. The van der Waals surface area contributed by atoms with E-state index < -0.39 is 10.0 Å². The summed E-state index contributed by atoms with van der Waals surface area (Å²) in [4.78, 5) is 0.0880. The van der Waals surface area contributed by atoms with E-state index in [0.29, 0.717) is 11.4 Å². The van der Waals surface area contributed by atoms with Crippen LogP contribution in [0.5, 0.6) is 5.75 Å². The van der Waals surface area contributed by atoms with Gasteiger partial charge in [0.05, 0.1) is 7.11 Å². The molecule has 1 aromatic carbocycles. The van der Waals surface area contributed by atoms with Gasteiger partial charge < -0.3 is 10.5 Å². The van der Waals surface area contributed by atoms with Crippen molar-refractivity contribution in [1.82, 2.24) is 4.72 Å². The zero-order valence-corrected chi connectivity index (χ0v) is 12.7. The molecule has 0 atom stereocenters. The minimum Gasteiger partial charge on any atom is -0.495 e. The molecule has 3 N–H and O–H groups in total. The minimum atomic E-state index is -3.62. The van der Waals surface area contributed by atoms with Gasteiger partial charge in [-0.05, 0) is 37.5 Å². The average molecular weight is 286 g/mol. The molecule has 0 aromatic heterocycles. The zero-order chi connectivity index (χ0) is 14.6. The molecule has 0 heterocycles. The Balaban J connectivity index is 3.24. The van der Waals surface area contributed by atoms with Crippen LogP contribution in [0.3, 0.4) is 0 Å². The standard InChI is InChI=1S/C13H22N2O3S/c1-5-10(6-2)15-19(16,17)13-8-11(14)9(3)7-12(13)18-4/h7-8,10,15H,5-6,14H2,1-4H3. The number of ether oxygens (including phenoxy) is 1. The van der Waals surface area contributed by atoms with Gasteiger partial charge in [-0.1, -0.05) is 13.8 Å². The van der Waals surface area contributed by atoms with Crippen molar-refractivity contribution in [2.75, 3.05) is 12.8 Å². The third-order valence-electron chi connectivity index (χ3n) is 3.15. The molecule has 0 bridgehead atoms. The second-order valence-electron chi connectivity index (χ2n) is 4.49. The van der Waals surface area contributed by atoms with Crippen molar-refractivity contribution in [2.45, 2.75) is 44.6 Å². The normalized spacial score (nSPS) is 11.8. The van der Waals surface area contributed by atoms with Gasteiger partial charge in [0.1, 0.15) is 10.6 Å². The zero-order valence-electron chi connectivity index (χ0n) is 11.9. The summed E-state index contributed by atoms with van der Waals surface area (Å²) in [5.41, 5.74) is 7.01. The lowest BCUT2D eigenvalue weighted by Gasteiger charge is -2.17. The van der Waals surface area contributed by atoms with Crippen LogP contribution >= 0.6 is 0 Å². The first-order chi connectivity index (χ1) is 8.85. The van der Waals surface area contributed by atoms with Crippen LogP contribution in [0.15, 0.2) is 17.0 Å². The van der Waals surface area contributed by atoms with Crippen molar-refractivity contribution in [2.24, 2.45) is 0 Å². The Kier molecular flexibility index (Phi) is 5.20. The van der Waals surface area contributed by atoms with Crippen molar-refractivity contribution in [3.05, 3.63) is 17.7 Å². The first-order valence-electron chi connectivity index (χ1n) is 6.32. The quantitative estimate of drug-likeness (QED) is 0.784. The summed E-state index contributed by atoms with van der Waals surface area (Å²) in [5.74, 6) is 0.310. The molecular weight excluding hydrogens is 264 g/mol. The summed E-state index contributed by atoms with van der Waals surface area (Å²) < 4.78 is 32.5. The molecule has 0 unspecified atom stereocenters. The fraction of sp³-hybridized carbons (Fsp3) is 0.538. The van der Waals surface area contributed by atoms with Crippen LogP contribution in [0, 0.1) is 6.92 Å². The van der Waals surface area contributed by atoms with E-state index in [-0.39, 0.29) is 10.9 Å². The monoisotopic (exact) mass is 286 g/mol. The summed E-state index contributed by atoms with van der Waals surface area (Å²) in [6.45, 7) is 5.69. The van der Waals surface area contributed by atoms with Crippen LogP contribution in [-0.4, -0.2) is 21.6 Å². The molecule has 1 rings (SSSR count). The fourth-order valence-corrected chi connectivity index (χ4v) is 3.37. The van der Waals surface area contributed by atoms with E-state index in [4.69, 9.17) is 10.5 Å². The third kappa shape index (κ3) is 3.61. The molecule has 1 aromatic rings. The Bertz CT molecular complexity index is 537.